The van der Waals surface area contributed by atoms with Crippen LogP contribution in [0.25, 0.3) is 0 Å². The summed E-state index contributed by atoms with van der Waals surface area (Å²) >= 11 is 1.65. The number of thioether (sulfide) groups is 1. The molecule has 0 saturated carbocycles. The SMILES string of the molecule is CC1=C(Cc2ccc(OC(C)C)cc2)C(=O)CC(SCc2ccccc2)=N1. The lowest BCUT2D eigenvalue weighted by atomic mass is 9.97. The minimum absolute atomic E-state index is 0.155. The predicted octanol–water partition coefficient (Wildman–Crippen LogP) is 5.60. The fourth-order valence-electron chi connectivity index (χ4n) is 2.95. The van der Waals surface area contributed by atoms with Crippen LogP contribution in [0.1, 0.15) is 38.3 Å². The Morgan fingerprint density at radius 1 is 1.04 bits per heavy atom. The third-order valence-corrected chi connectivity index (χ3v) is 5.35. The number of hydrogen-bond donors (Lipinski definition) is 0. The Balaban J connectivity index is 1.66. The van der Waals surface area contributed by atoms with Gasteiger partial charge in [0, 0.05) is 23.4 Å². The van der Waals surface area contributed by atoms with Crippen molar-refractivity contribution in [3.63, 3.8) is 0 Å². The van der Waals surface area contributed by atoms with Crippen LogP contribution in [-0.2, 0) is 17.0 Å². The van der Waals surface area contributed by atoms with Gasteiger partial charge in [0.1, 0.15) is 5.75 Å². The van der Waals surface area contributed by atoms with Gasteiger partial charge >= 0.3 is 0 Å². The third kappa shape index (κ3) is 5.57. The summed E-state index contributed by atoms with van der Waals surface area (Å²) in [6, 6.07) is 18.2. The molecule has 1 heterocycles. The van der Waals surface area contributed by atoms with E-state index >= 15 is 0 Å². The van der Waals surface area contributed by atoms with Gasteiger partial charge in [-0.3, -0.25) is 9.79 Å². The minimum atomic E-state index is 0.155. The number of Topliss-reactive ketones (excluding diaryl/α,β-unsaturated/α-hetero) is 1. The second kappa shape index (κ2) is 9.05. The molecule has 3 nitrogen and oxygen atoms in total. The fourth-order valence-corrected chi connectivity index (χ4v) is 3.91. The summed E-state index contributed by atoms with van der Waals surface area (Å²) in [5.74, 6) is 1.87. The van der Waals surface area contributed by atoms with Crippen molar-refractivity contribution < 1.29 is 9.53 Å². The molecule has 2 aromatic rings. The number of ketones is 1. The van der Waals surface area contributed by atoms with Crippen molar-refractivity contribution in [2.24, 2.45) is 4.99 Å². The average molecular weight is 380 g/mol. The molecule has 1 aliphatic rings. The molecule has 4 heteroatoms. The van der Waals surface area contributed by atoms with Crippen LogP contribution in [0.5, 0.6) is 5.75 Å². The standard InChI is InChI=1S/C23H25NO2S/c1-16(2)26-20-11-9-18(10-12-20)13-21-17(3)24-23(14-22(21)25)27-15-19-7-5-4-6-8-19/h4-12,16H,13-15H2,1-3H3. The number of aliphatic imine (C=N–C) groups is 1. The molecule has 27 heavy (non-hydrogen) atoms. The fraction of sp³-hybridized carbons (Fsp3) is 0.304. The molecule has 0 spiro atoms. The van der Waals surface area contributed by atoms with E-state index in [0.29, 0.717) is 12.8 Å². The van der Waals surface area contributed by atoms with E-state index in [4.69, 9.17) is 9.73 Å². The van der Waals surface area contributed by atoms with E-state index in [-0.39, 0.29) is 11.9 Å². The molecule has 0 radical (unpaired) electrons. The lowest BCUT2D eigenvalue weighted by Gasteiger charge is -2.17. The van der Waals surface area contributed by atoms with Crippen LogP contribution in [0, 0.1) is 0 Å². The van der Waals surface area contributed by atoms with E-state index in [2.05, 4.69) is 12.1 Å². The maximum Gasteiger partial charge on any atom is 0.167 e. The predicted molar refractivity (Wildman–Crippen MR) is 113 cm³/mol. The molecule has 2 aromatic carbocycles. The number of carbonyl (C=O) groups excluding carboxylic acids is 1. The molecule has 0 amide bonds. The van der Waals surface area contributed by atoms with Crippen LogP contribution >= 0.6 is 11.8 Å². The third-order valence-electron chi connectivity index (χ3n) is 4.30. The van der Waals surface area contributed by atoms with Crippen LogP contribution in [-0.4, -0.2) is 16.9 Å². The van der Waals surface area contributed by atoms with Gasteiger partial charge in [0.25, 0.3) is 0 Å². The summed E-state index contributed by atoms with van der Waals surface area (Å²) in [6.07, 6.45) is 1.17. The van der Waals surface area contributed by atoms with Crippen LogP contribution in [0.15, 0.2) is 70.9 Å². The van der Waals surface area contributed by atoms with Crippen LogP contribution in [0.4, 0.5) is 0 Å². The molecule has 0 unspecified atom stereocenters. The summed E-state index contributed by atoms with van der Waals surface area (Å²) in [6.45, 7) is 5.95. The molecule has 0 saturated heterocycles. The van der Waals surface area contributed by atoms with Gasteiger partial charge in [-0.2, -0.15) is 0 Å². The van der Waals surface area contributed by atoms with E-state index in [1.54, 1.807) is 11.8 Å². The molecule has 140 valence electrons. The quantitative estimate of drug-likeness (QED) is 0.656. The Bertz CT molecular complexity index is 852. The normalized spacial score (nSPS) is 14.5. The highest BCUT2D eigenvalue weighted by atomic mass is 32.2. The monoisotopic (exact) mass is 379 g/mol. The largest absolute Gasteiger partial charge is 0.491 e. The van der Waals surface area contributed by atoms with Gasteiger partial charge in [-0.1, -0.05) is 42.5 Å². The van der Waals surface area contributed by atoms with Gasteiger partial charge in [0.15, 0.2) is 5.78 Å². The first-order chi connectivity index (χ1) is 13.0. The van der Waals surface area contributed by atoms with Crippen LogP contribution in [0.2, 0.25) is 0 Å². The molecule has 0 aromatic heterocycles. The number of hydrogen-bond acceptors (Lipinski definition) is 4. The van der Waals surface area contributed by atoms with Gasteiger partial charge in [-0.05, 0) is 44.0 Å². The number of rotatable bonds is 6. The Kier molecular flexibility index (Phi) is 6.51. The van der Waals surface area contributed by atoms with Crippen molar-refractivity contribution in [3.05, 3.63) is 77.0 Å². The lowest BCUT2D eigenvalue weighted by molar-refractivity contribution is -0.114. The molecule has 0 bridgehead atoms. The van der Waals surface area contributed by atoms with E-state index in [1.165, 1.54) is 5.56 Å². The Hall–Kier alpha value is -2.33. The summed E-state index contributed by atoms with van der Waals surface area (Å²) in [4.78, 5) is 17.4. The summed E-state index contributed by atoms with van der Waals surface area (Å²) in [5, 5.41) is 0.908. The molecule has 0 fully saturated rings. The zero-order chi connectivity index (χ0) is 19.2. The number of carbonyl (C=O) groups is 1. The van der Waals surface area contributed by atoms with Gasteiger partial charge < -0.3 is 4.74 Å². The van der Waals surface area contributed by atoms with Crippen molar-refractivity contribution in [1.29, 1.82) is 0 Å². The molecule has 0 N–H and O–H groups in total. The second-order valence-corrected chi connectivity index (χ2v) is 7.98. The van der Waals surface area contributed by atoms with E-state index in [0.717, 1.165) is 33.4 Å². The summed E-state index contributed by atoms with van der Waals surface area (Å²) in [5.41, 5.74) is 4.00. The Morgan fingerprint density at radius 3 is 2.37 bits per heavy atom. The van der Waals surface area contributed by atoms with Crippen molar-refractivity contribution in [2.45, 2.75) is 45.5 Å². The number of benzene rings is 2. The number of ether oxygens (including phenoxy) is 1. The van der Waals surface area contributed by atoms with E-state index in [9.17, 15) is 4.79 Å². The van der Waals surface area contributed by atoms with Crippen molar-refractivity contribution in [2.75, 3.05) is 0 Å². The first-order valence-corrected chi connectivity index (χ1v) is 10.2. The zero-order valence-electron chi connectivity index (χ0n) is 16.1. The second-order valence-electron chi connectivity index (χ2n) is 6.93. The smallest absolute Gasteiger partial charge is 0.167 e. The molecular weight excluding hydrogens is 354 g/mol. The first-order valence-electron chi connectivity index (χ1n) is 9.24. The topological polar surface area (TPSA) is 38.7 Å². The zero-order valence-corrected chi connectivity index (χ0v) is 16.9. The van der Waals surface area contributed by atoms with Crippen LogP contribution < -0.4 is 4.74 Å². The van der Waals surface area contributed by atoms with Crippen LogP contribution in [0.3, 0.4) is 0 Å². The average Bonchev–Trinajstić information content (AvgIpc) is 2.65. The summed E-state index contributed by atoms with van der Waals surface area (Å²) < 4.78 is 5.68. The molecule has 1 aliphatic heterocycles. The number of nitrogens with zero attached hydrogens (tertiary/aromatic N) is 1. The minimum Gasteiger partial charge on any atom is -0.491 e. The molecule has 0 atom stereocenters. The lowest BCUT2D eigenvalue weighted by Crippen LogP contribution is -2.16. The molecular formula is C23H25NO2S. The maximum absolute atomic E-state index is 12.7. The van der Waals surface area contributed by atoms with Gasteiger partial charge in [-0.25, -0.2) is 0 Å². The van der Waals surface area contributed by atoms with Gasteiger partial charge in [-0.15, -0.1) is 11.8 Å². The first kappa shape index (κ1) is 19.4. The van der Waals surface area contributed by atoms with Crippen molar-refractivity contribution in [1.82, 2.24) is 0 Å². The van der Waals surface area contributed by atoms with Gasteiger partial charge in [0.05, 0.1) is 17.6 Å². The van der Waals surface area contributed by atoms with Crippen molar-refractivity contribution in [3.8, 4) is 5.75 Å². The highest BCUT2D eigenvalue weighted by molar-refractivity contribution is 8.13. The maximum atomic E-state index is 12.7. The summed E-state index contributed by atoms with van der Waals surface area (Å²) in [7, 11) is 0. The van der Waals surface area contributed by atoms with Gasteiger partial charge in [0.2, 0.25) is 0 Å². The van der Waals surface area contributed by atoms with E-state index in [1.807, 2.05) is 63.2 Å². The van der Waals surface area contributed by atoms with Crippen molar-refractivity contribution >= 4 is 22.6 Å². The Morgan fingerprint density at radius 2 is 1.74 bits per heavy atom. The molecule has 3 rings (SSSR count). The highest BCUT2D eigenvalue weighted by Crippen LogP contribution is 2.26. The molecule has 0 aliphatic carbocycles. The number of allylic oxidation sites excluding steroid dienone is 2. The Labute approximate surface area is 165 Å². The van der Waals surface area contributed by atoms with E-state index < -0.39 is 0 Å². The highest BCUT2D eigenvalue weighted by Gasteiger charge is 2.21.